The number of rotatable bonds is 3. The molecule has 0 saturated carbocycles. The van der Waals surface area contributed by atoms with Gasteiger partial charge in [-0.25, -0.2) is 8.42 Å². The normalized spacial score (nSPS) is 15.8. The van der Waals surface area contributed by atoms with E-state index in [1.165, 1.54) is 4.31 Å². The molecule has 0 radical (unpaired) electrons. The summed E-state index contributed by atoms with van der Waals surface area (Å²) in [6.45, 7) is 9.04. The number of carbonyl (C=O) groups excluding carboxylic acids is 1. The van der Waals surface area contributed by atoms with Crippen LogP contribution in [0.2, 0.25) is 0 Å². The highest BCUT2D eigenvalue weighted by atomic mass is 32.2. The number of hydrogen-bond acceptors (Lipinski definition) is 3. The first-order valence-corrected chi connectivity index (χ1v) is 10.6. The Hall–Kier alpha value is -2.18. The number of nitrogens with zero attached hydrogens (tertiary/aromatic N) is 2. The molecule has 3 rings (SSSR count). The lowest BCUT2D eigenvalue weighted by Crippen LogP contribution is -2.50. The van der Waals surface area contributed by atoms with Crippen LogP contribution in [0.3, 0.4) is 0 Å². The average molecular weight is 387 g/mol. The molecule has 1 heterocycles. The topological polar surface area (TPSA) is 57.7 Å². The van der Waals surface area contributed by atoms with Crippen LogP contribution >= 0.6 is 0 Å². The van der Waals surface area contributed by atoms with Gasteiger partial charge in [-0.15, -0.1) is 0 Å². The van der Waals surface area contributed by atoms with Gasteiger partial charge in [0, 0.05) is 31.7 Å². The van der Waals surface area contributed by atoms with E-state index >= 15 is 0 Å². The number of aryl methyl sites for hydroxylation is 2. The molecule has 2 aromatic rings. The van der Waals surface area contributed by atoms with Gasteiger partial charge < -0.3 is 4.90 Å². The highest BCUT2D eigenvalue weighted by Crippen LogP contribution is 2.29. The van der Waals surface area contributed by atoms with E-state index < -0.39 is 10.0 Å². The van der Waals surface area contributed by atoms with E-state index in [4.69, 9.17) is 0 Å². The second-order valence-corrected chi connectivity index (χ2v) is 9.03. The third-order valence-electron chi connectivity index (χ3n) is 5.44. The molecule has 1 amide bonds. The van der Waals surface area contributed by atoms with Crippen molar-refractivity contribution in [2.24, 2.45) is 0 Å². The smallest absolute Gasteiger partial charge is 0.253 e. The SMILES string of the molecule is Cc1cc(C)c(C)c(S(=O)(=O)N2CCN(C(=O)c3ccccc3)CC2)c1C. The van der Waals surface area contributed by atoms with Crippen molar-refractivity contribution < 1.29 is 13.2 Å². The maximum Gasteiger partial charge on any atom is 0.253 e. The molecule has 1 aliphatic rings. The molecule has 0 atom stereocenters. The van der Waals surface area contributed by atoms with Crippen molar-refractivity contribution in [1.29, 1.82) is 0 Å². The second kappa shape index (κ2) is 7.44. The molecule has 6 heteroatoms. The molecule has 0 bridgehead atoms. The van der Waals surface area contributed by atoms with E-state index in [9.17, 15) is 13.2 Å². The van der Waals surface area contributed by atoms with Gasteiger partial charge in [-0.05, 0) is 62.1 Å². The van der Waals surface area contributed by atoms with Crippen molar-refractivity contribution in [1.82, 2.24) is 9.21 Å². The number of carbonyl (C=O) groups is 1. The minimum atomic E-state index is -3.59. The fourth-order valence-corrected chi connectivity index (χ4v) is 5.59. The molecule has 144 valence electrons. The van der Waals surface area contributed by atoms with Crippen LogP contribution in [-0.2, 0) is 10.0 Å². The van der Waals surface area contributed by atoms with Gasteiger partial charge in [0.2, 0.25) is 10.0 Å². The molecule has 0 spiro atoms. The molecule has 1 saturated heterocycles. The zero-order chi connectivity index (χ0) is 19.8. The molecule has 0 N–H and O–H groups in total. The third-order valence-corrected chi connectivity index (χ3v) is 7.61. The van der Waals surface area contributed by atoms with Crippen LogP contribution in [0.5, 0.6) is 0 Å². The summed E-state index contributed by atoms with van der Waals surface area (Å²) < 4.78 is 28.1. The van der Waals surface area contributed by atoms with Crippen LogP contribution in [0.4, 0.5) is 0 Å². The molecular weight excluding hydrogens is 360 g/mol. The average Bonchev–Trinajstić information content (AvgIpc) is 2.66. The minimum absolute atomic E-state index is 0.0496. The van der Waals surface area contributed by atoms with Crippen LogP contribution < -0.4 is 0 Å². The lowest BCUT2D eigenvalue weighted by Gasteiger charge is -2.34. The number of sulfonamides is 1. The van der Waals surface area contributed by atoms with Crippen LogP contribution in [0.25, 0.3) is 0 Å². The summed E-state index contributed by atoms with van der Waals surface area (Å²) in [7, 11) is -3.59. The lowest BCUT2D eigenvalue weighted by atomic mass is 10.0. The third kappa shape index (κ3) is 3.64. The van der Waals surface area contributed by atoms with Gasteiger partial charge in [-0.2, -0.15) is 4.31 Å². The predicted octanol–water partition coefficient (Wildman–Crippen LogP) is 3.07. The summed E-state index contributed by atoms with van der Waals surface area (Å²) in [6.07, 6.45) is 0. The zero-order valence-electron chi connectivity index (χ0n) is 16.3. The van der Waals surface area contributed by atoms with E-state index in [0.717, 1.165) is 22.3 Å². The Balaban J connectivity index is 1.81. The van der Waals surface area contributed by atoms with Crippen molar-refractivity contribution in [2.45, 2.75) is 32.6 Å². The predicted molar refractivity (Wildman–Crippen MR) is 106 cm³/mol. The van der Waals surface area contributed by atoms with Gasteiger partial charge in [-0.1, -0.05) is 24.3 Å². The van der Waals surface area contributed by atoms with Gasteiger partial charge in [-0.3, -0.25) is 4.79 Å². The highest BCUT2D eigenvalue weighted by molar-refractivity contribution is 7.89. The Bertz CT molecular complexity index is 934. The van der Waals surface area contributed by atoms with Gasteiger partial charge in [0.25, 0.3) is 5.91 Å². The first-order valence-electron chi connectivity index (χ1n) is 9.15. The molecule has 2 aromatic carbocycles. The Labute approximate surface area is 161 Å². The van der Waals surface area contributed by atoms with Crippen molar-refractivity contribution in [3.8, 4) is 0 Å². The van der Waals surface area contributed by atoms with E-state index in [1.54, 1.807) is 17.0 Å². The molecule has 0 aromatic heterocycles. The number of benzene rings is 2. The minimum Gasteiger partial charge on any atom is -0.336 e. The Kier molecular flexibility index (Phi) is 5.40. The van der Waals surface area contributed by atoms with Gasteiger partial charge >= 0.3 is 0 Å². The maximum atomic E-state index is 13.3. The molecule has 27 heavy (non-hydrogen) atoms. The molecule has 1 aliphatic heterocycles. The largest absolute Gasteiger partial charge is 0.336 e. The molecule has 0 aliphatic carbocycles. The van der Waals surface area contributed by atoms with Crippen LogP contribution in [0, 0.1) is 27.7 Å². The Morgan fingerprint density at radius 1 is 0.852 bits per heavy atom. The summed E-state index contributed by atoms with van der Waals surface area (Å²) in [5, 5.41) is 0. The number of piperazine rings is 1. The van der Waals surface area contributed by atoms with Crippen molar-refractivity contribution in [2.75, 3.05) is 26.2 Å². The quantitative estimate of drug-likeness (QED) is 0.815. The van der Waals surface area contributed by atoms with E-state index in [1.807, 2.05) is 52.0 Å². The van der Waals surface area contributed by atoms with Gasteiger partial charge in [0.05, 0.1) is 4.90 Å². The van der Waals surface area contributed by atoms with E-state index in [0.29, 0.717) is 36.6 Å². The molecule has 1 fully saturated rings. The first kappa shape index (κ1) is 19.6. The summed E-state index contributed by atoms with van der Waals surface area (Å²) >= 11 is 0. The maximum absolute atomic E-state index is 13.3. The van der Waals surface area contributed by atoms with Gasteiger partial charge in [0.15, 0.2) is 0 Å². The standard InChI is InChI=1S/C21H26N2O3S/c1-15-14-16(2)18(4)20(17(15)3)27(25,26)23-12-10-22(11-13-23)21(24)19-8-6-5-7-9-19/h5-9,14H,10-13H2,1-4H3. The Morgan fingerprint density at radius 2 is 1.37 bits per heavy atom. The molecule has 5 nitrogen and oxygen atoms in total. The summed E-state index contributed by atoms with van der Waals surface area (Å²) in [4.78, 5) is 14.7. The highest BCUT2D eigenvalue weighted by Gasteiger charge is 2.33. The van der Waals surface area contributed by atoms with E-state index in [2.05, 4.69) is 0 Å². The second-order valence-electron chi connectivity index (χ2n) is 7.15. The summed E-state index contributed by atoms with van der Waals surface area (Å²) in [6, 6.07) is 11.1. The van der Waals surface area contributed by atoms with Crippen molar-refractivity contribution >= 4 is 15.9 Å². The number of amides is 1. The van der Waals surface area contributed by atoms with E-state index in [-0.39, 0.29) is 5.91 Å². The first-order chi connectivity index (χ1) is 12.7. The lowest BCUT2D eigenvalue weighted by molar-refractivity contribution is 0.0698. The fourth-order valence-electron chi connectivity index (χ4n) is 3.59. The number of hydrogen-bond donors (Lipinski definition) is 0. The molecule has 0 unspecified atom stereocenters. The zero-order valence-corrected chi connectivity index (χ0v) is 17.1. The monoisotopic (exact) mass is 386 g/mol. The van der Waals surface area contributed by atoms with Crippen molar-refractivity contribution in [3.63, 3.8) is 0 Å². The summed E-state index contributed by atoms with van der Waals surface area (Å²) in [5.74, 6) is -0.0496. The van der Waals surface area contributed by atoms with Crippen LogP contribution in [0.15, 0.2) is 41.3 Å². The van der Waals surface area contributed by atoms with Crippen molar-refractivity contribution in [3.05, 3.63) is 64.2 Å². The molecular formula is C21H26N2O3S. The van der Waals surface area contributed by atoms with Gasteiger partial charge in [0.1, 0.15) is 0 Å². The van der Waals surface area contributed by atoms with Crippen LogP contribution in [0.1, 0.15) is 32.6 Å². The summed E-state index contributed by atoms with van der Waals surface area (Å²) in [5.41, 5.74) is 4.21. The van der Waals surface area contributed by atoms with Crippen LogP contribution in [-0.4, -0.2) is 49.7 Å². The fraction of sp³-hybridized carbons (Fsp3) is 0.381. The Morgan fingerprint density at radius 3 is 1.89 bits per heavy atom.